The summed E-state index contributed by atoms with van der Waals surface area (Å²) in [5.74, 6) is 0.789. The zero-order valence-corrected chi connectivity index (χ0v) is 13.5. The van der Waals surface area contributed by atoms with Crippen molar-refractivity contribution in [1.82, 2.24) is 14.8 Å². The first-order valence-corrected chi connectivity index (χ1v) is 8.19. The van der Waals surface area contributed by atoms with Gasteiger partial charge in [-0.15, -0.1) is 10.2 Å². The summed E-state index contributed by atoms with van der Waals surface area (Å²) in [6.45, 7) is 5.59. The molecule has 1 aromatic heterocycles. The van der Waals surface area contributed by atoms with Gasteiger partial charge in [-0.3, -0.25) is 14.7 Å². The molecule has 0 spiro atoms. The largest absolute Gasteiger partial charge is 0.378 e. The fourth-order valence-corrected chi connectivity index (χ4v) is 3.42. The Balaban J connectivity index is 1.89. The number of hydrogen-bond acceptors (Lipinski definition) is 7. The van der Waals surface area contributed by atoms with Crippen LogP contribution in [0.25, 0.3) is 0 Å². The summed E-state index contributed by atoms with van der Waals surface area (Å²) >= 11 is 1.27. The van der Waals surface area contributed by atoms with Gasteiger partial charge in [0.15, 0.2) is 5.16 Å². The van der Waals surface area contributed by atoms with Crippen molar-refractivity contribution in [3.63, 3.8) is 0 Å². The van der Waals surface area contributed by atoms with Gasteiger partial charge in [-0.2, -0.15) is 0 Å². The maximum Gasteiger partial charge on any atom is 0.283 e. The third-order valence-electron chi connectivity index (χ3n) is 3.57. The van der Waals surface area contributed by atoms with Crippen molar-refractivity contribution in [3.05, 3.63) is 34.4 Å². The first-order valence-electron chi connectivity index (χ1n) is 7.38. The third-order valence-corrected chi connectivity index (χ3v) is 4.62. The Morgan fingerprint density at radius 3 is 2.74 bits per heavy atom. The van der Waals surface area contributed by atoms with Crippen LogP contribution in [0.2, 0.25) is 0 Å². The van der Waals surface area contributed by atoms with Crippen LogP contribution in [0.5, 0.6) is 0 Å². The molecular weight excluding hydrogens is 318 g/mol. The maximum atomic E-state index is 11.1. The molecule has 0 aliphatic carbocycles. The van der Waals surface area contributed by atoms with Gasteiger partial charge in [0.2, 0.25) is 5.95 Å². The highest BCUT2D eigenvalue weighted by molar-refractivity contribution is 7.99. The number of nitro groups is 1. The van der Waals surface area contributed by atoms with E-state index in [1.807, 2.05) is 11.5 Å². The lowest BCUT2D eigenvalue weighted by molar-refractivity contribution is -0.387. The molecule has 0 unspecified atom stereocenters. The van der Waals surface area contributed by atoms with E-state index in [-0.39, 0.29) is 10.6 Å². The van der Waals surface area contributed by atoms with E-state index in [1.54, 1.807) is 18.2 Å². The number of ether oxygens (including phenoxy) is 1. The molecule has 0 N–H and O–H groups in total. The summed E-state index contributed by atoms with van der Waals surface area (Å²) in [5, 5.41) is 20.3. The average Bonchev–Trinajstić information content (AvgIpc) is 2.98. The Labute approximate surface area is 137 Å². The van der Waals surface area contributed by atoms with Crippen LogP contribution in [-0.4, -0.2) is 46.0 Å². The number of benzene rings is 1. The second kappa shape index (κ2) is 6.97. The molecule has 1 aliphatic heterocycles. The summed E-state index contributed by atoms with van der Waals surface area (Å²) in [6, 6.07) is 6.67. The molecule has 2 aromatic rings. The zero-order chi connectivity index (χ0) is 16.2. The molecule has 0 amide bonds. The van der Waals surface area contributed by atoms with Crippen LogP contribution in [0.1, 0.15) is 6.92 Å². The lowest BCUT2D eigenvalue weighted by Gasteiger charge is -2.27. The van der Waals surface area contributed by atoms with Crippen molar-refractivity contribution in [1.29, 1.82) is 0 Å². The van der Waals surface area contributed by atoms with Crippen LogP contribution in [0, 0.1) is 10.1 Å². The SMILES string of the molecule is CCn1c(Sc2ccccc2[N+](=O)[O-])nnc1N1CCOCC1. The Bertz CT molecular complexity index is 699. The van der Waals surface area contributed by atoms with Crippen LogP contribution in [0.3, 0.4) is 0 Å². The highest BCUT2D eigenvalue weighted by Crippen LogP contribution is 2.34. The van der Waals surface area contributed by atoms with Gasteiger partial charge in [0.1, 0.15) is 0 Å². The van der Waals surface area contributed by atoms with E-state index in [1.165, 1.54) is 17.8 Å². The monoisotopic (exact) mass is 335 g/mol. The van der Waals surface area contributed by atoms with Crippen LogP contribution >= 0.6 is 11.8 Å². The molecule has 1 aromatic carbocycles. The second-order valence-corrected chi connectivity index (χ2v) is 5.96. The normalized spacial score (nSPS) is 14.9. The van der Waals surface area contributed by atoms with E-state index in [0.717, 1.165) is 19.0 Å². The number of nitro benzene ring substituents is 1. The number of para-hydroxylation sites is 1. The zero-order valence-electron chi connectivity index (χ0n) is 12.7. The number of rotatable bonds is 5. The lowest BCUT2D eigenvalue weighted by atomic mass is 10.3. The molecule has 1 fully saturated rings. The van der Waals surface area contributed by atoms with Gasteiger partial charge in [-0.05, 0) is 24.8 Å². The molecule has 2 heterocycles. The quantitative estimate of drug-likeness (QED) is 0.611. The van der Waals surface area contributed by atoms with Crippen LogP contribution in [0.4, 0.5) is 11.6 Å². The predicted octanol–water partition coefficient (Wildman–Crippen LogP) is 2.19. The summed E-state index contributed by atoms with van der Waals surface area (Å²) in [6.07, 6.45) is 0. The van der Waals surface area contributed by atoms with Crippen molar-refractivity contribution in [2.75, 3.05) is 31.2 Å². The molecule has 8 nitrogen and oxygen atoms in total. The topological polar surface area (TPSA) is 86.3 Å². The highest BCUT2D eigenvalue weighted by Gasteiger charge is 2.22. The number of aromatic nitrogens is 3. The fraction of sp³-hybridized carbons (Fsp3) is 0.429. The summed E-state index contributed by atoms with van der Waals surface area (Å²) in [4.78, 5) is 13.5. The van der Waals surface area contributed by atoms with Crippen molar-refractivity contribution in [2.24, 2.45) is 0 Å². The first-order chi connectivity index (χ1) is 11.2. The van der Waals surface area contributed by atoms with Crippen molar-refractivity contribution in [3.8, 4) is 0 Å². The third kappa shape index (κ3) is 3.30. The van der Waals surface area contributed by atoms with E-state index >= 15 is 0 Å². The van der Waals surface area contributed by atoms with Gasteiger partial charge in [-0.25, -0.2) is 0 Å². The van der Waals surface area contributed by atoms with Crippen LogP contribution < -0.4 is 4.90 Å². The Hall–Kier alpha value is -2.13. The van der Waals surface area contributed by atoms with Gasteiger partial charge < -0.3 is 9.64 Å². The first kappa shape index (κ1) is 15.8. The van der Waals surface area contributed by atoms with Crippen molar-refractivity contribution >= 4 is 23.4 Å². The maximum absolute atomic E-state index is 11.1. The summed E-state index contributed by atoms with van der Waals surface area (Å²) < 4.78 is 7.34. The van der Waals surface area contributed by atoms with Crippen LogP contribution in [-0.2, 0) is 11.3 Å². The van der Waals surface area contributed by atoms with E-state index in [9.17, 15) is 10.1 Å². The number of anilines is 1. The smallest absolute Gasteiger partial charge is 0.283 e. The molecule has 0 radical (unpaired) electrons. The molecule has 0 atom stereocenters. The van der Waals surface area contributed by atoms with E-state index in [2.05, 4.69) is 15.1 Å². The molecule has 23 heavy (non-hydrogen) atoms. The minimum absolute atomic E-state index is 0.0797. The van der Waals surface area contributed by atoms with Gasteiger partial charge in [-0.1, -0.05) is 12.1 Å². The minimum Gasteiger partial charge on any atom is -0.378 e. The van der Waals surface area contributed by atoms with Crippen molar-refractivity contribution in [2.45, 2.75) is 23.5 Å². The van der Waals surface area contributed by atoms with Gasteiger partial charge in [0, 0.05) is 25.7 Å². The number of morpholine rings is 1. The standard InChI is InChI=1S/C14H17N5O3S/c1-2-18-13(17-7-9-22-10-8-17)15-16-14(18)23-12-6-4-3-5-11(12)19(20)21/h3-6H,2,7-10H2,1H3. The molecule has 1 aliphatic rings. The summed E-state index contributed by atoms with van der Waals surface area (Å²) in [5.41, 5.74) is 0.0797. The average molecular weight is 335 g/mol. The van der Waals surface area contributed by atoms with Gasteiger partial charge in [0.05, 0.1) is 23.0 Å². The fourth-order valence-electron chi connectivity index (χ4n) is 2.42. The van der Waals surface area contributed by atoms with Gasteiger partial charge >= 0.3 is 0 Å². The number of nitrogens with zero attached hydrogens (tertiary/aromatic N) is 5. The molecule has 0 bridgehead atoms. The molecule has 9 heteroatoms. The number of hydrogen-bond donors (Lipinski definition) is 0. The Morgan fingerprint density at radius 2 is 2.04 bits per heavy atom. The summed E-state index contributed by atoms with van der Waals surface area (Å²) in [7, 11) is 0. The van der Waals surface area contributed by atoms with E-state index in [0.29, 0.717) is 29.8 Å². The minimum atomic E-state index is -0.377. The second-order valence-electron chi connectivity index (χ2n) is 4.95. The predicted molar refractivity (Wildman–Crippen MR) is 85.9 cm³/mol. The van der Waals surface area contributed by atoms with E-state index in [4.69, 9.17) is 4.74 Å². The molecule has 3 rings (SSSR count). The lowest BCUT2D eigenvalue weighted by Crippen LogP contribution is -2.38. The van der Waals surface area contributed by atoms with E-state index < -0.39 is 0 Å². The molecule has 0 saturated carbocycles. The molecule has 1 saturated heterocycles. The molecule has 122 valence electrons. The highest BCUT2D eigenvalue weighted by atomic mass is 32.2. The Morgan fingerprint density at radius 1 is 1.30 bits per heavy atom. The Kier molecular flexibility index (Phi) is 4.77. The van der Waals surface area contributed by atoms with Gasteiger partial charge in [0.25, 0.3) is 5.69 Å². The van der Waals surface area contributed by atoms with Crippen molar-refractivity contribution < 1.29 is 9.66 Å². The molecular formula is C14H17N5O3S. The van der Waals surface area contributed by atoms with Crippen LogP contribution in [0.15, 0.2) is 34.3 Å².